The van der Waals surface area contributed by atoms with Gasteiger partial charge < -0.3 is 5.32 Å². The molecule has 0 aromatic carbocycles. The molecule has 0 bridgehead atoms. The molecule has 0 aliphatic heterocycles. The fraction of sp³-hybridized carbons (Fsp3) is 0.133. The van der Waals surface area contributed by atoms with Gasteiger partial charge in [0.25, 0.3) is 0 Å². The summed E-state index contributed by atoms with van der Waals surface area (Å²) in [5.41, 5.74) is 1.93. The lowest BCUT2D eigenvalue weighted by molar-refractivity contribution is 0.984. The van der Waals surface area contributed by atoms with E-state index in [0.717, 1.165) is 20.5 Å². The molecule has 0 fully saturated rings. The fourth-order valence-corrected chi connectivity index (χ4v) is 4.32. The first-order valence-corrected chi connectivity index (χ1v) is 8.76. The van der Waals surface area contributed by atoms with Crippen molar-refractivity contribution in [3.8, 4) is 0 Å². The third kappa shape index (κ3) is 3.24. The molecule has 3 heterocycles. The Labute approximate surface area is 141 Å². The second kappa shape index (κ2) is 6.36. The number of rotatable bonds is 4. The zero-order valence-electron chi connectivity index (χ0n) is 11.1. The highest BCUT2D eigenvalue weighted by Crippen LogP contribution is 2.37. The van der Waals surface area contributed by atoms with Crippen molar-refractivity contribution in [3.05, 3.63) is 66.7 Å². The first kappa shape index (κ1) is 14.9. The van der Waals surface area contributed by atoms with Crippen molar-refractivity contribution in [1.29, 1.82) is 0 Å². The highest BCUT2D eigenvalue weighted by molar-refractivity contribution is 7.16. The molecular formula is C15H12Cl2N2S2. The van der Waals surface area contributed by atoms with Crippen LogP contribution in [0.2, 0.25) is 9.49 Å². The topological polar surface area (TPSA) is 24.9 Å². The summed E-state index contributed by atoms with van der Waals surface area (Å²) in [6, 6.07) is 10.1. The number of pyridine rings is 1. The van der Waals surface area contributed by atoms with Crippen LogP contribution in [0.3, 0.4) is 0 Å². The van der Waals surface area contributed by atoms with Crippen LogP contribution < -0.4 is 5.32 Å². The smallest absolute Gasteiger partial charge is 0.152 e. The van der Waals surface area contributed by atoms with E-state index in [2.05, 4.69) is 21.7 Å². The Morgan fingerprint density at radius 1 is 1.14 bits per heavy atom. The summed E-state index contributed by atoms with van der Waals surface area (Å²) in [6.45, 7) is 2.02. The first-order valence-electron chi connectivity index (χ1n) is 6.31. The second-order valence-electron chi connectivity index (χ2n) is 4.53. The Morgan fingerprint density at radius 2 is 2.00 bits per heavy atom. The van der Waals surface area contributed by atoms with Crippen LogP contribution in [0.5, 0.6) is 0 Å². The van der Waals surface area contributed by atoms with E-state index in [-0.39, 0.29) is 6.04 Å². The molecule has 3 aromatic rings. The average molecular weight is 355 g/mol. The van der Waals surface area contributed by atoms with E-state index in [1.807, 2.05) is 31.2 Å². The predicted octanol–water partition coefficient (Wildman–Crippen LogP) is 6.02. The molecule has 0 saturated heterocycles. The minimum atomic E-state index is 0.0305. The molecule has 0 amide bonds. The molecule has 0 radical (unpaired) electrons. The lowest BCUT2D eigenvalue weighted by Crippen LogP contribution is -2.11. The molecule has 1 unspecified atom stereocenters. The molecule has 1 N–H and O–H groups in total. The van der Waals surface area contributed by atoms with Crippen LogP contribution in [-0.4, -0.2) is 4.98 Å². The maximum atomic E-state index is 6.23. The van der Waals surface area contributed by atoms with Gasteiger partial charge in [-0.3, -0.25) is 0 Å². The summed E-state index contributed by atoms with van der Waals surface area (Å²) in [5.74, 6) is 0. The van der Waals surface area contributed by atoms with Crippen molar-refractivity contribution in [2.24, 2.45) is 0 Å². The van der Waals surface area contributed by atoms with Gasteiger partial charge in [0, 0.05) is 16.0 Å². The van der Waals surface area contributed by atoms with Gasteiger partial charge in [-0.25, -0.2) is 4.98 Å². The molecule has 108 valence electrons. The summed E-state index contributed by atoms with van der Waals surface area (Å²) >= 11 is 15.6. The van der Waals surface area contributed by atoms with Gasteiger partial charge in [0.05, 0.1) is 16.1 Å². The SMILES string of the molecule is Cc1ccnc(Cl)c1NC(c1cccs1)c1ccc(Cl)s1. The molecule has 0 spiro atoms. The quantitative estimate of drug-likeness (QED) is 0.579. The van der Waals surface area contributed by atoms with E-state index >= 15 is 0 Å². The highest BCUT2D eigenvalue weighted by atomic mass is 35.5. The number of aromatic nitrogens is 1. The normalized spacial score (nSPS) is 12.3. The summed E-state index contributed by atoms with van der Waals surface area (Å²) in [5, 5.41) is 6.07. The third-order valence-corrected chi connectivity index (χ3v) is 5.63. The number of nitrogens with zero attached hydrogens (tertiary/aromatic N) is 1. The Morgan fingerprint density at radius 3 is 2.62 bits per heavy atom. The van der Waals surface area contributed by atoms with Crippen LogP contribution in [0, 0.1) is 6.92 Å². The average Bonchev–Trinajstić information content (AvgIpc) is 3.10. The first-order chi connectivity index (χ1) is 10.1. The summed E-state index contributed by atoms with van der Waals surface area (Å²) < 4.78 is 0.780. The molecule has 3 aromatic heterocycles. The molecule has 21 heavy (non-hydrogen) atoms. The number of aryl methyl sites for hydroxylation is 1. The molecule has 0 aliphatic carbocycles. The molecule has 1 atom stereocenters. The van der Waals surface area contributed by atoms with Gasteiger partial charge in [-0.1, -0.05) is 29.3 Å². The standard InChI is InChI=1S/C15H12Cl2N2S2/c1-9-6-7-18-15(17)13(9)19-14(10-3-2-8-20-10)11-4-5-12(16)21-11/h2-8,14,19H,1H3. The Kier molecular flexibility index (Phi) is 4.50. The van der Waals surface area contributed by atoms with Crippen LogP contribution in [0.15, 0.2) is 41.9 Å². The van der Waals surface area contributed by atoms with Crippen molar-refractivity contribution >= 4 is 51.6 Å². The van der Waals surface area contributed by atoms with Crippen LogP contribution >= 0.6 is 45.9 Å². The van der Waals surface area contributed by atoms with Crippen molar-refractivity contribution in [2.45, 2.75) is 13.0 Å². The minimum absolute atomic E-state index is 0.0305. The van der Waals surface area contributed by atoms with Gasteiger partial charge >= 0.3 is 0 Å². The highest BCUT2D eigenvalue weighted by Gasteiger charge is 2.19. The molecule has 3 rings (SSSR count). The maximum Gasteiger partial charge on any atom is 0.152 e. The number of nitrogens with one attached hydrogen (secondary N) is 1. The molecule has 0 saturated carbocycles. The van der Waals surface area contributed by atoms with Gasteiger partial charge in [0.1, 0.15) is 0 Å². The van der Waals surface area contributed by atoms with Gasteiger partial charge in [0.2, 0.25) is 0 Å². The number of hydrogen-bond acceptors (Lipinski definition) is 4. The van der Waals surface area contributed by atoms with Gasteiger partial charge in [-0.15, -0.1) is 22.7 Å². The van der Waals surface area contributed by atoms with E-state index in [4.69, 9.17) is 23.2 Å². The third-order valence-electron chi connectivity index (χ3n) is 3.11. The lowest BCUT2D eigenvalue weighted by Gasteiger charge is -2.19. The summed E-state index contributed by atoms with van der Waals surface area (Å²) in [4.78, 5) is 6.53. The van der Waals surface area contributed by atoms with Gasteiger partial charge in [-0.05, 0) is 42.1 Å². The van der Waals surface area contributed by atoms with Crippen molar-refractivity contribution < 1.29 is 0 Å². The van der Waals surface area contributed by atoms with Gasteiger partial charge in [-0.2, -0.15) is 0 Å². The zero-order chi connectivity index (χ0) is 14.8. The van der Waals surface area contributed by atoms with E-state index in [0.29, 0.717) is 5.15 Å². The number of halogens is 2. The maximum absolute atomic E-state index is 6.23. The van der Waals surface area contributed by atoms with E-state index in [1.165, 1.54) is 4.88 Å². The van der Waals surface area contributed by atoms with Crippen molar-refractivity contribution in [1.82, 2.24) is 4.98 Å². The van der Waals surface area contributed by atoms with Gasteiger partial charge in [0.15, 0.2) is 5.15 Å². The van der Waals surface area contributed by atoms with E-state index < -0.39 is 0 Å². The molecule has 6 heteroatoms. The second-order valence-corrected chi connectivity index (χ2v) is 7.61. The molecular weight excluding hydrogens is 343 g/mol. The van der Waals surface area contributed by atoms with Crippen LogP contribution in [0.1, 0.15) is 21.4 Å². The summed E-state index contributed by atoms with van der Waals surface area (Å²) in [7, 11) is 0. The Bertz CT molecular complexity index is 718. The monoisotopic (exact) mass is 354 g/mol. The van der Waals surface area contributed by atoms with E-state index in [9.17, 15) is 0 Å². The fourth-order valence-electron chi connectivity index (χ4n) is 2.06. The van der Waals surface area contributed by atoms with Crippen molar-refractivity contribution in [3.63, 3.8) is 0 Å². The minimum Gasteiger partial charge on any atom is -0.370 e. The largest absolute Gasteiger partial charge is 0.370 e. The molecule has 0 aliphatic rings. The zero-order valence-corrected chi connectivity index (χ0v) is 14.3. The number of thiophene rings is 2. The van der Waals surface area contributed by atoms with Crippen LogP contribution in [0.4, 0.5) is 5.69 Å². The van der Waals surface area contributed by atoms with Crippen LogP contribution in [0.25, 0.3) is 0 Å². The van der Waals surface area contributed by atoms with Crippen molar-refractivity contribution in [2.75, 3.05) is 5.32 Å². The molecule has 2 nitrogen and oxygen atoms in total. The lowest BCUT2D eigenvalue weighted by atomic mass is 10.1. The van der Waals surface area contributed by atoms with Crippen LogP contribution in [-0.2, 0) is 0 Å². The Hall–Kier alpha value is -1.07. The Balaban J connectivity index is 2.01. The number of anilines is 1. The summed E-state index contributed by atoms with van der Waals surface area (Å²) in [6.07, 6.45) is 1.71. The van der Waals surface area contributed by atoms with E-state index in [1.54, 1.807) is 28.9 Å². The number of hydrogen-bond donors (Lipinski definition) is 1. The predicted molar refractivity (Wildman–Crippen MR) is 93.1 cm³/mol.